The normalized spacial score (nSPS) is 10.6. The molecular weight excluding hydrogens is 239 g/mol. The van der Waals surface area contributed by atoms with Crippen LogP contribution in [0.25, 0.3) is 11.0 Å². The lowest BCUT2D eigenvalue weighted by Crippen LogP contribution is -2.10. The molecule has 0 saturated carbocycles. The van der Waals surface area contributed by atoms with Crippen LogP contribution in [0.2, 0.25) is 0 Å². The van der Waals surface area contributed by atoms with E-state index in [2.05, 4.69) is 25.9 Å². The molecule has 2 rings (SSSR count). The van der Waals surface area contributed by atoms with E-state index in [9.17, 15) is 9.18 Å². The Morgan fingerprint density at radius 3 is 3.00 bits per heavy atom. The van der Waals surface area contributed by atoms with Crippen molar-refractivity contribution in [2.75, 3.05) is 0 Å². The van der Waals surface area contributed by atoms with Gasteiger partial charge >= 0.3 is 0 Å². The van der Waals surface area contributed by atoms with Crippen LogP contribution in [0.1, 0.15) is 0 Å². The number of fused-ring (bicyclic) bond motifs is 1. The summed E-state index contributed by atoms with van der Waals surface area (Å²) in [6.45, 7) is 0. The molecule has 2 aromatic heterocycles. The van der Waals surface area contributed by atoms with Crippen LogP contribution in [-0.2, 0) is 0 Å². The van der Waals surface area contributed by atoms with Crippen LogP contribution in [0.3, 0.4) is 0 Å². The number of halogens is 2. The van der Waals surface area contributed by atoms with Crippen molar-refractivity contribution in [3.05, 3.63) is 39.0 Å². The average Bonchev–Trinajstić information content (AvgIpc) is 2.08. The maximum atomic E-state index is 12.8. The third-order valence-electron chi connectivity index (χ3n) is 1.61. The van der Waals surface area contributed by atoms with E-state index in [1.165, 1.54) is 6.20 Å². The zero-order chi connectivity index (χ0) is 9.42. The molecular formula is C8H4BrFN2O. The highest BCUT2D eigenvalue weighted by Crippen LogP contribution is 2.14. The van der Waals surface area contributed by atoms with E-state index in [0.29, 0.717) is 11.0 Å². The van der Waals surface area contributed by atoms with Gasteiger partial charge in [0, 0.05) is 16.1 Å². The number of nitrogens with zero attached hydrogens (tertiary/aromatic N) is 1. The fraction of sp³-hybridized carbons (Fsp3) is 0. The lowest BCUT2D eigenvalue weighted by molar-refractivity contribution is 0.611. The molecule has 2 heterocycles. The summed E-state index contributed by atoms with van der Waals surface area (Å²) in [6, 6.07) is 2.84. The molecule has 0 fully saturated rings. The molecule has 66 valence electrons. The third-order valence-corrected chi connectivity index (χ3v) is 2.05. The summed E-state index contributed by atoms with van der Waals surface area (Å²) in [5.74, 6) is -0.799. The van der Waals surface area contributed by atoms with Crippen molar-refractivity contribution < 1.29 is 4.39 Å². The van der Waals surface area contributed by atoms with Crippen LogP contribution in [0.15, 0.2) is 27.6 Å². The topological polar surface area (TPSA) is 45.8 Å². The quantitative estimate of drug-likeness (QED) is 0.767. The first-order valence-corrected chi connectivity index (χ1v) is 4.30. The van der Waals surface area contributed by atoms with Gasteiger partial charge in [0.1, 0.15) is 5.65 Å². The highest BCUT2D eigenvalue weighted by Gasteiger charge is 2.02. The minimum Gasteiger partial charge on any atom is -0.304 e. The molecule has 0 bridgehead atoms. The molecule has 0 aliphatic carbocycles. The van der Waals surface area contributed by atoms with Gasteiger partial charge in [-0.25, -0.2) is 9.37 Å². The molecule has 0 unspecified atom stereocenters. The van der Waals surface area contributed by atoms with Gasteiger partial charge in [-0.1, -0.05) is 0 Å². The van der Waals surface area contributed by atoms with Crippen molar-refractivity contribution >= 4 is 27.0 Å². The fourth-order valence-corrected chi connectivity index (χ4v) is 1.39. The van der Waals surface area contributed by atoms with Crippen molar-refractivity contribution in [3.63, 3.8) is 0 Å². The molecule has 2 aromatic rings. The Morgan fingerprint density at radius 1 is 1.46 bits per heavy atom. The summed E-state index contributed by atoms with van der Waals surface area (Å²) in [5.41, 5.74) is -0.364. The highest BCUT2D eigenvalue weighted by molar-refractivity contribution is 9.10. The largest absolute Gasteiger partial charge is 0.304 e. The van der Waals surface area contributed by atoms with E-state index in [0.717, 1.165) is 10.5 Å². The van der Waals surface area contributed by atoms with Gasteiger partial charge in [-0.05, 0) is 28.1 Å². The highest BCUT2D eigenvalue weighted by atomic mass is 79.9. The molecule has 0 atom stereocenters. The van der Waals surface area contributed by atoms with Gasteiger partial charge in [0.05, 0.1) is 0 Å². The Hall–Kier alpha value is -1.23. The number of hydrogen-bond donors (Lipinski definition) is 1. The Kier molecular flexibility index (Phi) is 1.88. The van der Waals surface area contributed by atoms with E-state index in [1.807, 2.05) is 0 Å². The minimum absolute atomic E-state index is 0.384. The summed E-state index contributed by atoms with van der Waals surface area (Å²) in [6.07, 6.45) is 1.54. The lowest BCUT2D eigenvalue weighted by atomic mass is 10.3. The number of aromatic nitrogens is 2. The zero-order valence-corrected chi connectivity index (χ0v) is 7.93. The predicted octanol–water partition coefficient (Wildman–Crippen LogP) is 1.82. The fourth-order valence-electron chi connectivity index (χ4n) is 1.04. The third kappa shape index (κ3) is 1.47. The summed E-state index contributed by atoms with van der Waals surface area (Å²) in [5, 5.41) is 0.562. The van der Waals surface area contributed by atoms with Crippen LogP contribution in [-0.4, -0.2) is 9.97 Å². The molecule has 0 saturated heterocycles. The molecule has 13 heavy (non-hydrogen) atoms. The lowest BCUT2D eigenvalue weighted by Gasteiger charge is -1.96. The maximum absolute atomic E-state index is 12.8. The second-order valence-electron chi connectivity index (χ2n) is 2.54. The van der Waals surface area contributed by atoms with Crippen LogP contribution in [0.4, 0.5) is 4.39 Å². The monoisotopic (exact) mass is 242 g/mol. The number of pyridine rings is 2. The SMILES string of the molecule is O=c1[nH]c2ncc(Br)cc2cc1F. The smallest absolute Gasteiger partial charge is 0.285 e. The van der Waals surface area contributed by atoms with Gasteiger partial charge in [0.15, 0.2) is 5.82 Å². The molecule has 0 aliphatic heterocycles. The van der Waals surface area contributed by atoms with Gasteiger partial charge in [0.25, 0.3) is 5.56 Å². The second kappa shape index (κ2) is 2.92. The van der Waals surface area contributed by atoms with Crippen LogP contribution in [0, 0.1) is 5.82 Å². The van der Waals surface area contributed by atoms with Crippen LogP contribution >= 0.6 is 15.9 Å². The molecule has 5 heteroatoms. The minimum atomic E-state index is -0.799. The summed E-state index contributed by atoms with van der Waals surface area (Å²) < 4.78 is 13.5. The Balaban J connectivity index is 2.89. The van der Waals surface area contributed by atoms with Gasteiger partial charge in [-0.2, -0.15) is 0 Å². The van der Waals surface area contributed by atoms with Gasteiger partial charge in [0.2, 0.25) is 0 Å². The van der Waals surface area contributed by atoms with Crippen molar-refractivity contribution in [2.45, 2.75) is 0 Å². The first-order chi connectivity index (χ1) is 6.16. The van der Waals surface area contributed by atoms with Crippen molar-refractivity contribution in [3.8, 4) is 0 Å². The molecule has 0 aliphatic rings. The van der Waals surface area contributed by atoms with Crippen molar-refractivity contribution in [2.24, 2.45) is 0 Å². The van der Waals surface area contributed by atoms with Crippen molar-refractivity contribution in [1.29, 1.82) is 0 Å². The summed E-state index contributed by atoms with van der Waals surface area (Å²) >= 11 is 3.20. The number of H-pyrrole nitrogens is 1. The van der Waals surface area contributed by atoms with Crippen LogP contribution < -0.4 is 5.56 Å². The molecule has 0 aromatic carbocycles. The van der Waals surface area contributed by atoms with E-state index in [1.54, 1.807) is 6.07 Å². The van der Waals surface area contributed by atoms with Crippen LogP contribution in [0.5, 0.6) is 0 Å². The predicted molar refractivity (Wildman–Crippen MR) is 50.0 cm³/mol. The first-order valence-electron chi connectivity index (χ1n) is 3.51. The van der Waals surface area contributed by atoms with Gasteiger partial charge in [-0.15, -0.1) is 0 Å². The summed E-state index contributed by atoms with van der Waals surface area (Å²) in [7, 11) is 0. The van der Waals surface area contributed by atoms with Crippen molar-refractivity contribution in [1.82, 2.24) is 9.97 Å². The standard InChI is InChI=1S/C8H4BrFN2O/c9-5-1-4-2-6(10)8(13)12-7(4)11-3-5/h1-3H,(H,11,12,13). The number of aromatic amines is 1. The van der Waals surface area contributed by atoms with Gasteiger partial charge in [-0.3, -0.25) is 4.79 Å². The molecule has 0 radical (unpaired) electrons. The van der Waals surface area contributed by atoms with E-state index < -0.39 is 11.4 Å². The van der Waals surface area contributed by atoms with E-state index in [-0.39, 0.29) is 0 Å². The number of rotatable bonds is 0. The first kappa shape index (κ1) is 8.37. The Labute approximate surface area is 80.7 Å². The van der Waals surface area contributed by atoms with Gasteiger partial charge < -0.3 is 4.98 Å². The number of hydrogen-bond acceptors (Lipinski definition) is 2. The van der Waals surface area contributed by atoms with E-state index >= 15 is 0 Å². The molecule has 0 amide bonds. The summed E-state index contributed by atoms with van der Waals surface area (Å²) in [4.78, 5) is 17.1. The molecule has 0 spiro atoms. The number of nitrogens with one attached hydrogen (secondary N) is 1. The maximum Gasteiger partial charge on any atom is 0.285 e. The average molecular weight is 243 g/mol. The molecule has 1 N–H and O–H groups in total. The Morgan fingerprint density at radius 2 is 2.23 bits per heavy atom. The van der Waals surface area contributed by atoms with E-state index in [4.69, 9.17) is 0 Å². The second-order valence-corrected chi connectivity index (χ2v) is 3.45. The molecule has 3 nitrogen and oxygen atoms in total. The zero-order valence-electron chi connectivity index (χ0n) is 6.34. The Bertz CT molecular complexity index is 523.